The van der Waals surface area contributed by atoms with E-state index in [0.717, 1.165) is 42.2 Å². The minimum Gasteiger partial charge on any atom is -0.368 e. The average molecular weight is 481 g/mol. The van der Waals surface area contributed by atoms with E-state index in [4.69, 9.17) is 34.8 Å². The molecule has 31 heavy (non-hydrogen) atoms. The topological polar surface area (TPSA) is 84.5 Å². The first-order valence-corrected chi connectivity index (χ1v) is 10.5. The highest BCUT2D eigenvalue weighted by Gasteiger charge is 2.20. The highest BCUT2D eigenvalue weighted by Crippen LogP contribution is 2.30. The summed E-state index contributed by atoms with van der Waals surface area (Å²) in [4.78, 5) is 27.0. The predicted octanol–water partition coefficient (Wildman–Crippen LogP) is 4.43. The van der Waals surface area contributed by atoms with Crippen LogP contribution >= 0.6 is 34.8 Å². The summed E-state index contributed by atoms with van der Waals surface area (Å²) in [5.41, 5.74) is 1.83. The van der Waals surface area contributed by atoms with Crippen LogP contribution in [-0.2, 0) is 0 Å². The lowest BCUT2D eigenvalue weighted by atomic mass is 10.2. The van der Waals surface area contributed by atoms with Crippen molar-refractivity contribution in [1.82, 2.24) is 9.78 Å². The number of hydrogen-bond donors (Lipinski definition) is 0. The van der Waals surface area contributed by atoms with Crippen molar-refractivity contribution in [3.63, 3.8) is 0 Å². The van der Waals surface area contributed by atoms with Crippen LogP contribution in [-0.4, -0.2) is 40.9 Å². The zero-order valence-electron chi connectivity index (χ0n) is 16.0. The number of benzene rings is 2. The molecule has 2 aromatic carbocycles. The first kappa shape index (κ1) is 21.4. The molecule has 0 bridgehead atoms. The quantitative estimate of drug-likeness (QED) is 0.406. The molecule has 1 fully saturated rings. The maximum atomic E-state index is 12.3. The van der Waals surface area contributed by atoms with E-state index in [-0.39, 0.29) is 15.7 Å². The predicted molar refractivity (Wildman–Crippen MR) is 122 cm³/mol. The number of nitro benzene ring substituents is 1. The molecule has 0 radical (unpaired) electrons. The Balaban J connectivity index is 1.48. The molecule has 0 spiro atoms. The highest BCUT2D eigenvalue weighted by molar-refractivity contribution is 6.41. The summed E-state index contributed by atoms with van der Waals surface area (Å²) in [6, 6.07) is 11.8. The van der Waals surface area contributed by atoms with Crippen molar-refractivity contribution in [3.8, 4) is 5.69 Å². The monoisotopic (exact) mass is 479 g/mol. The van der Waals surface area contributed by atoms with E-state index in [1.807, 2.05) is 6.07 Å². The van der Waals surface area contributed by atoms with Crippen LogP contribution in [0.25, 0.3) is 5.69 Å². The first-order chi connectivity index (χ1) is 14.8. The molecule has 4 rings (SSSR count). The number of nitro groups is 1. The summed E-state index contributed by atoms with van der Waals surface area (Å²) < 4.78 is 1.15. The van der Waals surface area contributed by atoms with Gasteiger partial charge in [-0.05, 0) is 30.3 Å². The molecule has 0 atom stereocenters. The van der Waals surface area contributed by atoms with Crippen molar-refractivity contribution < 1.29 is 4.92 Å². The second-order valence-corrected chi connectivity index (χ2v) is 8.10. The molecule has 0 saturated carbocycles. The van der Waals surface area contributed by atoms with E-state index in [2.05, 4.69) is 14.9 Å². The molecular formula is C20H16Cl3N5O3. The molecule has 1 aromatic heterocycles. The Labute approximate surface area is 192 Å². The van der Waals surface area contributed by atoms with Crippen molar-refractivity contribution in [3.05, 3.63) is 84.2 Å². The van der Waals surface area contributed by atoms with Crippen LogP contribution in [0.2, 0.25) is 15.1 Å². The summed E-state index contributed by atoms with van der Waals surface area (Å²) in [5.74, 6) is 0. The van der Waals surface area contributed by atoms with Crippen LogP contribution < -0.4 is 15.4 Å². The van der Waals surface area contributed by atoms with Gasteiger partial charge in [-0.25, -0.2) is 0 Å². The third-order valence-corrected chi connectivity index (χ3v) is 6.15. The Kier molecular flexibility index (Phi) is 6.04. The van der Waals surface area contributed by atoms with Crippen molar-refractivity contribution in [2.24, 2.45) is 0 Å². The fourth-order valence-electron chi connectivity index (χ4n) is 3.47. The van der Waals surface area contributed by atoms with Crippen molar-refractivity contribution in [2.45, 2.75) is 0 Å². The van der Waals surface area contributed by atoms with Gasteiger partial charge in [-0.3, -0.25) is 14.9 Å². The smallest absolute Gasteiger partial charge is 0.291 e. The molecule has 0 aliphatic carbocycles. The minimum absolute atomic E-state index is 0.0739. The Morgan fingerprint density at radius 2 is 1.48 bits per heavy atom. The number of hydrogen-bond acceptors (Lipinski definition) is 6. The molecule has 2 heterocycles. The summed E-state index contributed by atoms with van der Waals surface area (Å²) in [6.45, 7) is 2.93. The number of aromatic nitrogens is 2. The van der Waals surface area contributed by atoms with Gasteiger partial charge in [0.2, 0.25) is 0 Å². The molecule has 0 amide bonds. The van der Waals surface area contributed by atoms with E-state index in [0.29, 0.717) is 10.7 Å². The number of anilines is 2. The fourth-order valence-corrected chi connectivity index (χ4v) is 4.02. The Hall–Kier alpha value is -2.81. The number of non-ortho nitro benzene ring substituents is 1. The normalized spacial score (nSPS) is 14.0. The van der Waals surface area contributed by atoms with Crippen molar-refractivity contribution in [2.75, 3.05) is 36.0 Å². The molecular weight excluding hydrogens is 465 g/mol. The largest absolute Gasteiger partial charge is 0.368 e. The van der Waals surface area contributed by atoms with Crippen LogP contribution in [0.5, 0.6) is 0 Å². The second kappa shape index (κ2) is 8.74. The third-order valence-electron chi connectivity index (χ3n) is 5.10. The van der Waals surface area contributed by atoms with E-state index in [9.17, 15) is 14.9 Å². The van der Waals surface area contributed by atoms with Crippen LogP contribution in [0.4, 0.5) is 17.1 Å². The molecule has 1 saturated heterocycles. The molecule has 160 valence electrons. The highest BCUT2D eigenvalue weighted by atomic mass is 35.5. The van der Waals surface area contributed by atoms with E-state index >= 15 is 0 Å². The Bertz CT molecular complexity index is 1190. The van der Waals surface area contributed by atoms with Gasteiger partial charge in [-0.2, -0.15) is 9.78 Å². The summed E-state index contributed by atoms with van der Waals surface area (Å²) in [7, 11) is 0. The van der Waals surface area contributed by atoms with E-state index in [1.54, 1.807) is 24.3 Å². The number of piperazine rings is 1. The van der Waals surface area contributed by atoms with Gasteiger partial charge in [0.05, 0.1) is 32.5 Å². The zero-order valence-corrected chi connectivity index (χ0v) is 18.3. The number of nitrogens with zero attached hydrogens (tertiary/aromatic N) is 5. The van der Waals surface area contributed by atoms with Crippen LogP contribution in [0.3, 0.4) is 0 Å². The third kappa shape index (κ3) is 4.32. The average Bonchev–Trinajstić information content (AvgIpc) is 2.78. The van der Waals surface area contributed by atoms with Gasteiger partial charge in [0.25, 0.3) is 11.2 Å². The van der Waals surface area contributed by atoms with Gasteiger partial charge in [-0.15, -0.1) is 0 Å². The Morgan fingerprint density at radius 3 is 2.10 bits per heavy atom. The van der Waals surface area contributed by atoms with Crippen LogP contribution in [0.1, 0.15) is 0 Å². The lowest BCUT2D eigenvalue weighted by Gasteiger charge is -2.37. The van der Waals surface area contributed by atoms with Gasteiger partial charge >= 0.3 is 0 Å². The lowest BCUT2D eigenvalue weighted by molar-refractivity contribution is -0.384. The van der Waals surface area contributed by atoms with Crippen molar-refractivity contribution in [1.29, 1.82) is 0 Å². The number of halogens is 3. The lowest BCUT2D eigenvalue weighted by Crippen LogP contribution is -2.46. The molecule has 0 unspecified atom stereocenters. The maximum absolute atomic E-state index is 12.3. The summed E-state index contributed by atoms with van der Waals surface area (Å²) >= 11 is 18.3. The molecule has 8 nitrogen and oxygen atoms in total. The van der Waals surface area contributed by atoms with Gasteiger partial charge in [0.1, 0.15) is 5.02 Å². The molecule has 0 N–H and O–H groups in total. The molecule has 1 aliphatic heterocycles. The zero-order chi connectivity index (χ0) is 22.1. The molecule has 1 aliphatic rings. The Morgan fingerprint density at radius 1 is 0.871 bits per heavy atom. The SMILES string of the molecule is O=c1c(Cl)c(Cl)cnn1-c1ccc(N2CCN(c3ccc([N+](=O)[O-])cc3)CC2)c(Cl)c1. The minimum atomic E-state index is -0.519. The van der Waals surface area contributed by atoms with Crippen LogP contribution in [0.15, 0.2) is 53.5 Å². The summed E-state index contributed by atoms with van der Waals surface area (Å²) in [6.07, 6.45) is 1.31. The van der Waals surface area contributed by atoms with E-state index in [1.165, 1.54) is 18.3 Å². The van der Waals surface area contributed by atoms with Gasteiger partial charge in [0.15, 0.2) is 0 Å². The van der Waals surface area contributed by atoms with Crippen molar-refractivity contribution >= 4 is 51.9 Å². The van der Waals surface area contributed by atoms with Crippen LogP contribution in [0, 0.1) is 10.1 Å². The van der Waals surface area contributed by atoms with Gasteiger partial charge in [-0.1, -0.05) is 34.8 Å². The second-order valence-electron chi connectivity index (χ2n) is 6.91. The fraction of sp³-hybridized carbons (Fsp3) is 0.200. The van der Waals surface area contributed by atoms with Gasteiger partial charge in [0, 0.05) is 44.0 Å². The van der Waals surface area contributed by atoms with E-state index < -0.39 is 10.5 Å². The first-order valence-electron chi connectivity index (χ1n) is 9.33. The summed E-state index contributed by atoms with van der Waals surface area (Å²) in [5, 5.41) is 15.3. The standard InChI is InChI=1S/C20H16Cl3N5O3/c21-16-11-15(27-20(29)19(23)17(22)12-24-27)5-6-18(16)26-9-7-25(8-10-26)13-1-3-14(4-2-13)28(30)31/h1-6,11-12H,7-10H2. The molecule has 11 heteroatoms. The maximum Gasteiger partial charge on any atom is 0.291 e. The molecule has 3 aromatic rings. The number of rotatable bonds is 4. The van der Waals surface area contributed by atoms with Gasteiger partial charge < -0.3 is 9.80 Å².